The molecule has 0 bridgehead atoms. The van der Waals surface area contributed by atoms with E-state index in [1.165, 1.54) is 30.9 Å². The van der Waals surface area contributed by atoms with Crippen LogP contribution in [0.4, 0.5) is 5.82 Å². The molecule has 34 heavy (non-hydrogen) atoms. The molecule has 1 saturated heterocycles. The molecule has 2 aromatic rings. The third-order valence-electron chi connectivity index (χ3n) is 7.62. The maximum atomic E-state index is 10.9. The van der Waals surface area contributed by atoms with Crippen molar-refractivity contribution >= 4 is 11.8 Å². The normalized spacial score (nSPS) is 19.5. The van der Waals surface area contributed by atoms with Crippen LogP contribution in [0.3, 0.4) is 0 Å². The maximum absolute atomic E-state index is 10.9. The Morgan fingerprint density at radius 3 is 2.38 bits per heavy atom. The Morgan fingerprint density at radius 2 is 1.68 bits per heavy atom. The minimum atomic E-state index is -0.194. The molecule has 1 aromatic carbocycles. The Kier molecular flexibility index (Phi) is 7.27. The Labute approximate surface area is 204 Å². The van der Waals surface area contributed by atoms with Gasteiger partial charge in [-0.3, -0.25) is 9.69 Å². The van der Waals surface area contributed by atoms with Crippen LogP contribution in [0.5, 0.6) is 0 Å². The van der Waals surface area contributed by atoms with E-state index < -0.39 is 0 Å². The highest BCUT2D eigenvalue weighted by Gasteiger charge is 2.37. The van der Waals surface area contributed by atoms with Crippen molar-refractivity contribution < 1.29 is 9.53 Å². The quantitative estimate of drug-likeness (QED) is 0.426. The molecule has 1 aliphatic heterocycles. The molecule has 6 heteroatoms. The Hall–Kier alpha value is -2.47. The van der Waals surface area contributed by atoms with Gasteiger partial charge in [0.05, 0.1) is 6.61 Å². The summed E-state index contributed by atoms with van der Waals surface area (Å²) >= 11 is 0. The fraction of sp³-hybridized carbons (Fsp3) is 0.607. The monoisotopic (exact) mass is 464 g/mol. The summed E-state index contributed by atoms with van der Waals surface area (Å²) in [6.45, 7) is 16.4. The first-order valence-corrected chi connectivity index (χ1v) is 12.7. The summed E-state index contributed by atoms with van der Waals surface area (Å²) in [6.07, 6.45) is 6.29. The van der Waals surface area contributed by atoms with Gasteiger partial charge in [-0.2, -0.15) is 0 Å². The molecule has 1 fully saturated rings. The van der Waals surface area contributed by atoms with Gasteiger partial charge in [0.25, 0.3) is 0 Å². The second-order valence-electron chi connectivity index (χ2n) is 11.1. The summed E-state index contributed by atoms with van der Waals surface area (Å²) in [5.41, 5.74) is 4.40. The van der Waals surface area contributed by atoms with Gasteiger partial charge in [-0.05, 0) is 66.3 Å². The molecule has 1 aliphatic carbocycles. The average Bonchev–Trinajstić information content (AvgIpc) is 2.82. The average molecular weight is 465 g/mol. The maximum Gasteiger partial charge on any atom is 0.302 e. The molecule has 0 unspecified atom stereocenters. The summed E-state index contributed by atoms with van der Waals surface area (Å²) in [6, 6.07) is 8.88. The van der Waals surface area contributed by atoms with Crippen LogP contribution in [0.2, 0.25) is 0 Å². The summed E-state index contributed by atoms with van der Waals surface area (Å²) in [5, 5.41) is 0. The first kappa shape index (κ1) is 24.6. The van der Waals surface area contributed by atoms with Crippen LogP contribution in [0, 0.1) is 0 Å². The van der Waals surface area contributed by atoms with E-state index in [2.05, 4.69) is 60.7 Å². The summed E-state index contributed by atoms with van der Waals surface area (Å²) in [5.74, 6) is 1.63. The van der Waals surface area contributed by atoms with Crippen molar-refractivity contribution in [1.29, 1.82) is 0 Å². The molecular formula is C28H40N4O2. The van der Waals surface area contributed by atoms with E-state index >= 15 is 0 Å². The number of anilines is 1. The van der Waals surface area contributed by atoms with Gasteiger partial charge in [-0.15, -0.1) is 0 Å². The van der Waals surface area contributed by atoms with E-state index in [0.29, 0.717) is 6.61 Å². The summed E-state index contributed by atoms with van der Waals surface area (Å²) in [4.78, 5) is 25.3. The number of carbonyl (C=O) groups excluding carboxylic acids is 1. The van der Waals surface area contributed by atoms with Crippen LogP contribution in [-0.4, -0.2) is 60.2 Å². The molecule has 2 aliphatic rings. The molecule has 6 nitrogen and oxygen atoms in total. The van der Waals surface area contributed by atoms with Crippen molar-refractivity contribution in [3.05, 3.63) is 41.6 Å². The number of benzene rings is 1. The topological polar surface area (TPSA) is 58.6 Å². The molecule has 0 amide bonds. The largest absolute Gasteiger partial charge is 0.466 e. The zero-order chi connectivity index (χ0) is 24.3. The van der Waals surface area contributed by atoms with E-state index in [4.69, 9.17) is 9.72 Å². The molecule has 2 heterocycles. The lowest BCUT2D eigenvalue weighted by atomic mass is 9.63. The number of rotatable bonds is 7. The van der Waals surface area contributed by atoms with Crippen LogP contribution in [0.1, 0.15) is 71.4 Å². The lowest BCUT2D eigenvalue weighted by molar-refractivity contribution is -0.141. The first-order chi connectivity index (χ1) is 16.2. The van der Waals surface area contributed by atoms with E-state index in [1.807, 2.05) is 12.3 Å². The predicted molar refractivity (Wildman–Crippen MR) is 137 cm³/mol. The lowest BCUT2D eigenvalue weighted by Gasteiger charge is -2.42. The number of unbranched alkanes of at least 4 members (excludes halogenated alkanes) is 1. The third kappa shape index (κ3) is 5.60. The molecule has 0 spiro atoms. The molecule has 0 radical (unpaired) electrons. The van der Waals surface area contributed by atoms with E-state index in [9.17, 15) is 4.79 Å². The van der Waals surface area contributed by atoms with E-state index in [0.717, 1.165) is 62.8 Å². The predicted octanol–water partition coefficient (Wildman–Crippen LogP) is 4.96. The number of carbonyl (C=O) groups is 1. The van der Waals surface area contributed by atoms with Crippen molar-refractivity contribution in [3.63, 3.8) is 0 Å². The Balaban J connectivity index is 1.40. The van der Waals surface area contributed by atoms with E-state index in [1.54, 1.807) is 0 Å². The summed E-state index contributed by atoms with van der Waals surface area (Å²) < 4.78 is 5.03. The highest BCUT2D eigenvalue weighted by molar-refractivity contribution is 5.65. The SMILES string of the molecule is CC(=O)OCCCCN1CCN(c2ccnc(-c3ccc4c(c3)C(C)(C)CCC4(C)C)n2)CC1. The Morgan fingerprint density at radius 1 is 0.971 bits per heavy atom. The molecule has 4 rings (SSSR count). The standard InChI is InChI=1S/C28H40N4O2/c1-21(33)34-19-7-6-14-31-15-17-32(18-16-31)25-10-13-29-26(30-25)22-8-9-23-24(20-22)28(4,5)12-11-27(23,2)3/h8-10,13,20H,6-7,11-12,14-19H2,1-5H3. The van der Waals surface area contributed by atoms with Gasteiger partial charge in [-0.1, -0.05) is 39.8 Å². The number of nitrogens with zero attached hydrogens (tertiary/aromatic N) is 4. The number of aromatic nitrogens is 2. The number of piperazine rings is 1. The zero-order valence-corrected chi connectivity index (χ0v) is 21.6. The molecule has 0 saturated carbocycles. The second kappa shape index (κ2) is 10.0. The minimum Gasteiger partial charge on any atom is -0.466 e. The molecule has 184 valence electrons. The van der Waals surface area contributed by atoms with Gasteiger partial charge < -0.3 is 9.64 Å². The van der Waals surface area contributed by atoms with Crippen molar-refractivity contribution in [2.24, 2.45) is 0 Å². The molecular weight excluding hydrogens is 424 g/mol. The van der Waals surface area contributed by atoms with Gasteiger partial charge in [-0.25, -0.2) is 9.97 Å². The van der Waals surface area contributed by atoms with Crippen molar-refractivity contribution in [2.75, 3.05) is 44.2 Å². The number of hydrogen-bond donors (Lipinski definition) is 0. The molecule has 1 aromatic heterocycles. The van der Waals surface area contributed by atoms with Crippen LogP contribution in [0.25, 0.3) is 11.4 Å². The van der Waals surface area contributed by atoms with Crippen LogP contribution >= 0.6 is 0 Å². The molecule has 0 atom stereocenters. The second-order valence-corrected chi connectivity index (χ2v) is 11.1. The lowest BCUT2D eigenvalue weighted by Crippen LogP contribution is -2.47. The third-order valence-corrected chi connectivity index (χ3v) is 7.62. The van der Waals surface area contributed by atoms with Crippen LogP contribution in [-0.2, 0) is 20.4 Å². The van der Waals surface area contributed by atoms with Crippen LogP contribution < -0.4 is 4.90 Å². The van der Waals surface area contributed by atoms with Crippen LogP contribution in [0.15, 0.2) is 30.5 Å². The highest BCUT2D eigenvalue weighted by Crippen LogP contribution is 2.46. The van der Waals surface area contributed by atoms with Gasteiger partial charge >= 0.3 is 5.97 Å². The van der Waals surface area contributed by atoms with Gasteiger partial charge in [0, 0.05) is 44.9 Å². The van der Waals surface area contributed by atoms with E-state index in [-0.39, 0.29) is 16.8 Å². The van der Waals surface area contributed by atoms with Gasteiger partial charge in [0.1, 0.15) is 5.82 Å². The first-order valence-electron chi connectivity index (χ1n) is 12.7. The minimum absolute atomic E-state index is 0.174. The zero-order valence-electron chi connectivity index (χ0n) is 21.6. The fourth-order valence-electron chi connectivity index (χ4n) is 5.25. The van der Waals surface area contributed by atoms with Gasteiger partial charge in [0.2, 0.25) is 0 Å². The smallest absolute Gasteiger partial charge is 0.302 e. The summed E-state index contributed by atoms with van der Waals surface area (Å²) in [7, 11) is 0. The Bertz CT molecular complexity index is 1010. The number of esters is 1. The number of ether oxygens (including phenoxy) is 1. The molecule has 0 N–H and O–H groups in total. The fourth-order valence-corrected chi connectivity index (χ4v) is 5.25. The number of fused-ring (bicyclic) bond motifs is 1. The highest BCUT2D eigenvalue weighted by atomic mass is 16.5. The van der Waals surface area contributed by atoms with Crippen molar-refractivity contribution in [3.8, 4) is 11.4 Å². The van der Waals surface area contributed by atoms with Gasteiger partial charge in [0.15, 0.2) is 5.82 Å². The number of hydrogen-bond acceptors (Lipinski definition) is 6. The van der Waals surface area contributed by atoms with Crippen molar-refractivity contribution in [2.45, 2.75) is 71.1 Å². The van der Waals surface area contributed by atoms with Crippen molar-refractivity contribution in [1.82, 2.24) is 14.9 Å².